The van der Waals surface area contributed by atoms with E-state index in [4.69, 9.17) is 0 Å². The standard InChI is InChI=1S/C32H37FN2O5/c33-24-15-17(11-14-25(24)36)26-20-12-13-21-27(31(39)34(29(21)37)18-7-3-1-4-8-18)22(20)16-23-28(26)32(40)35(30(23)38)19-9-5-2-6-10-19/h11-12,14-15,18-19,21-23,26-28,36H,1-10,13,16H2/t21-,22+,23+,26-,27-,28+/m0/s1. The molecular formula is C32H37FN2O5. The van der Waals surface area contributed by atoms with Gasteiger partial charge in [0.1, 0.15) is 0 Å². The molecule has 3 saturated carbocycles. The van der Waals surface area contributed by atoms with Crippen molar-refractivity contribution in [2.45, 2.75) is 95.1 Å². The highest BCUT2D eigenvalue weighted by Crippen LogP contribution is 2.58. The van der Waals surface area contributed by atoms with Crippen molar-refractivity contribution in [2.75, 3.05) is 0 Å². The van der Waals surface area contributed by atoms with Crippen LogP contribution in [0.5, 0.6) is 5.75 Å². The molecule has 1 aromatic carbocycles. The fourth-order valence-corrected chi connectivity index (χ4v) is 9.13. The number of carbonyl (C=O) groups excluding carboxylic acids is 4. The molecule has 0 aromatic heterocycles. The van der Waals surface area contributed by atoms with Crippen molar-refractivity contribution in [2.24, 2.45) is 29.6 Å². The first-order valence-corrected chi connectivity index (χ1v) is 15.3. The maximum Gasteiger partial charge on any atom is 0.234 e. The Morgan fingerprint density at radius 1 is 0.700 bits per heavy atom. The number of amides is 4. The fourth-order valence-electron chi connectivity index (χ4n) is 9.13. The van der Waals surface area contributed by atoms with Gasteiger partial charge in [0, 0.05) is 18.0 Å². The van der Waals surface area contributed by atoms with Crippen LogP contribution in [0.4, 0.5) is 4.39 Å². The van der Waals surface area contributed by atoms with Crippen LogP contribution >= 0.6 is 0 Å². The number of aromatic hydroxyl groups is 1. The minimum atomic E-state index is -0.776. The Balaban J connectivity index is 1.29. The molecule has 0 unspecified atom stereocenters. The van der Waals surface area contributed by atoms with Crippen molar-refractivity contribution in [1.82, 2.24) is 9.80 Å². The average Bonchev–Trinajstić information content (AvgIpc) is 3.38. The minimum Gasteiger partial charge on any atom is -0.505 e. The molecule has 5 fully saturated rings. The van der Waals surface area contributed by atoms with E-state index in [9.17, 15) is 28.7 Å². The number of rotatable bonds is 3. The van der Waals surface area contributed by atoms with Crippen molar-refractivity contribution < 1.29 is 28.7 Å². The highest BCUT2D eigenvalue weighted by atomic mass is 19.1. The molecule has 2 saturated heterocycles. The molecule has 2 heterocycles. The Hall–Kier alpha value is -3.03. The summed E-state index contributed by atoms with van der Waals surface area (Å²) in [6.45, 7) is 0. The van der Waals surface area contributed by atoms with Crippen LogP contribution in [0.25, 0.3) is 0 Å². The van der Waals surface area contributed by atoms with E-state index >= 15 is 0 Å². The molecule has 7 nitrogen and oxygen atoms in total. The largest absolute Gasteiger partial charge is 0.505 e. The quantitative estimate of drug-likeness (QED) is 0.431. The first-order valence-electron chi connectivity index (χ1n) is 15.3. The normalized spacial score (nSPS) is 35.1. The van der Waals surface area contributed by atoms with Gasteiger partial charge < -0.3 is 5.11 Å². The first-order chi connectivity index (χ1) is 19.4. The van der Waals surface area contributed by atoms with Crippen LogP contribution < -0.4 is 0 Å². The third kappa shape index (κ3) is 3.81. The number of phenols is 1. The highest BCUT2D eigenvalue weighted by Gasteiger charge is 2.63. The summed E-state index contributed by atoms with van der Waals surface area (Å²) in [6, 6.07) is 4.02. The summed E-state index contributed by atoms with van der Waals surface area (Å²) in [5.74, 6) is -5.03. The van der Waals surface area contributed by atoms with E-state index in [0.717, 1.165) is 69.8 Å². The molecule has 212 valence electrons. The Kier molecular flexibility index (Phi) is 6.35. The lowest BCUT2D eigenvalue weighted by Crippen LogP contribution is -2.44. The van der Waals surface area contributed by atoms with Crippen LogP contribution in [0.3, 0.4) is 0 Å². The second-order valence-electron chi connectivity index (χ2n) is 12.9. The van der Waals surface area contributed by atoms with E-state index < -0.39 is 41.2 Å². The molecule has 4 amide bonds. The SMILES string of the molecule is O=C1[C@H]2[C@H](CC=C3[C@H]2C[C@H]2C(=O)N(C4CCCCC4)C(=O)[C@H]2[C@H]3c2ccc(O)c(F)c2)C(=O)N1C1CCCCC1. The van der Waals surface area contributed by atoms with Gasteiger partial charge in [-0.25, -0.2) is 4.39 Å². The smallest absolute Gasteiger partial charge is 0.234 e. The number of benzene rings is 1. The van der Waals surface area contributed by atoms with Crippen molar-refractivity contribution in [3.8, 4) is 5.75 Å². The molecule has 6 atom stereocenters. The van der Waals surface area contributed by atoms with Crippen LogP contribution in [-0.4, -0.2) is 50.6 Å². The molecule has 4 aliphatic carbocycles. The molecule has 40 heavy (non-hydrogen) atoms. The van der Waals surface area contributed by atoms with Crippen molar-refractivity contribution in [1.29, 1.82) is 0 Å². The van der Waals surface area contributed by atoms with Crippen LogP contribution in [0.1, 0.15) is 88.5 Å². The topological polar surface area (TPSA) is 95.0 Å². The Labute approximate surface area is 233 Å². The molecule has 0 bridgehead atoms. The van der Waals surface area contributed by atoms with E-state index in [-0.39, 0.29) is 41.6 Å². The second kappa shape index (κ2) is 9.81. The lowest BCUT2D eigenvalue weighted by atomic mass is 9.57. The molecule has 8 heteroatoms. The number of phenolic OH excluding ortho intramolecular Hbond substituents is 1. The van der Waals surface area contributed by atoms with Crippen LogP contribution in [0.15, 0.2) is 29.8 Å². The molecular weight excluding hydrogens is 511 g/mol. The van der Waals surface area contributed by atoms with E-state index in [2.05, 4.69) is 0 Å². The van der Waals surface area contributed by atoms with E-state index in [0.29, 0.717) is 18.4 Å². The summed E-state index contributed by atoms with van der Waals surface area (Å²) in [5.41, 5.74) is 1.41. The summed E-state index contributed by atoms with van der Waals surface area (Å²) >= 11 is 0. The predicted octanol–water partition coefficient (Wildman–Crippen LogP) is 4.83. The van der Waals surface area contributed by atoms with Gasteiger partial charge in [-0.3, -0.25) is 29.0 Å². The molecule has 1 aromatic rings. The first kappa shape index (κ1) is 25.9. The Morgan fingerprint density at radius 2 is 1.27 bits per heavy atom. The van der Waals surface area contributed by atoms with Crippen molar-refractivity contribution >= 4 is 23.6 Å². The summed E-state index contributed by atoms with van der Waals surface area (Å²) in [7, 11) is 0. The number of nitrogens with zero attached hydrogens (tertiary/aromatic N) is 2. The number of allylic oxidation sites excluding steroid dienone is 2. The highest BCUT2D eigenvalue weighted by molar-refractivity contribution is 6.08. The number of imide groups is 2. The number of hydrogen-bond donors (Lipinski definition) is 1. The van der Waals surface area contributed by atoms with Crippen molar-refractivity contribution in [3.63, 3.8) is 0 Å². The zero-order valence-electron chi connectivity index (χ0n) is 22.8. The minimum absolute atomic E-state index is 0.0578. The number of halogens is 1. The van der Waals surface area contributed by atoms with E-state index in [1.54, 1.807) is 11.0 Å². The van der Waals surface area contributed by atoms with Gasteiger partial charge in [-0.1, -0.05) is 56.2 Å². The summed E-state index contributed by atoms with van der Waals surface area (Å²) in [5, 5.41) is 9.90. The van der Waals surface area contributed by atoms with Gasteiger partial charge in [0.15, 0.2) is 11.6 Å². The van der Waals surface area contributed by atoms with Gasteiger partial charge in [-0.2, -0.15) is 0 Å². The molecule has 1 N–H and O–H groups in total. The van der Waals surface area contributed by atoms with Gasteiger partial charge in [-0.05, 0) is 62.1 Å². The maximum absolute atomic E-state index is 14.7. The molecule has 0 spiro atoms. The van der Waals surface area contributed by atoms with Gasteiger partial charge in [0.05, 0.1) is 23.7 Å². The summed E-state index contributed by atoms with van der Waals surface area (Å²) in [4.78, 5) is 58.7. The predicted molar refractivity (Wildman–Crippen MR) is 143 cm³/mol. The summed E-state index contributed by atoms with van der Waals surface area (Å²) in [6.07, 6.45) is 12.3. The summed E-state index contributed by atoms with van der Waals surface area (Å²) < 4.78 is 14.7. The van der Waals surface area contributed by atoms with Gasteiger partial charge >= 0.3 is 0 Å². The lowest BCUT2D eigenvalue weighted by Gasteiger charge is -2.44. The number of fused-ring (bicyclic) bond motifs is 4. The van der Waals surface area contributed by atoms with Gasteiger partial charge in [0.25, 0.3) is 0 Å². The average molecular weight is 549 g/mol. The maximum atomic E-state index is 14.7. The monoisotopic (exact) mass is 548 g/mol. The van der Waals surface area contributed by atoms with Crippen LogP contribution in [0, 0.1) is 35.4 Å². The van der Waals surface area contributed by atoms with Crippen LogP contribution in [0.2, 0.25) is 0 Å². The van der Waals surface area contributed by atoms with E-state index in [1.807, 2.05) is 6.08 Å². The lowest BCUT2D eigenvalue weighted by molar-refractivity contribution is -0.145. The number of carbonyl (C=O) groups is 4. The van der Waals surface area contributed by atoms with Crippen molar-refractivity contribution in [3.05, 3.63) is 41.2 Å². The Bertz CT molecular complexity index is 1300. The third-order valence-corrected chi connectivity index (χ3v) is 10.9. The third-order valence-electron chi connectivity index (χ3n) is 10.9. The molecule has 7 rings (SSSR count). The fraction of sp³-hybridized carbons (Fsp3) is 0.625. The molecule has 0 radical (unpaired) electrons. The Morgan fingerprint density at radius 3 is 1.88 bits per heavy atom. The number of likely N-dealkylation sites (tertiary alicyclic amines) is 2. The van der Waals surface area contributed by atoms with Crippen LogP contribution in [-0.2, 0) is 19.2 Å². The van der Waals surface area contributed by atoms with E-state index in [1.165, 1.54) is 17.0 Å². The molecule has 2 aliphatic heterocycles. The second-order valence-corrected chi connectivity index (χ2v) is 12.9. The number of hydrogen-bond acceptors (Lipinski definition) is 5. The molecule has 6 aliphatic rings. The zero-order chi connectivity index (χ0) is 27.7. The van der Waals surface area contributed by atoms with Gasteiger partial charge in [0.2, 0.25) is 23.6 Å². The van der Waals surface area contributed by atoms with Gasteiger partial charge in [-0.15, -0.1) is 0 Å². The zero-order valence-corrected chi connectivity index (χ0v) is 22.8.